The van der Waals surface area contributed by atoms with Crippen molar-refractivity contribution in [3.63, 3.8) is 0 Å². The van der Waals surface area contributed by atoms with E-state index in [1.54, 1.807) is 6.92 Å². The van der Waals surface area contributed by atoms with Crippen LogP contribution in [0.3, 0.4) is 0 Å². The van der Waals surface area contributed by atoms with Gasteiger partial charge in [0.05, 0.1) is 12.7 Å². The van der Waals surface area contributed by atoms with Crippen LogP contribution in [0.2, 0.25) is 0 Å². The van der Waals surface area contributed by atoms with E-state index in [9.17, 15) is 5.11 Å². The summed E-state index contributed by atoms with van der Waals surface area (Å²) in [5.41, 5.74) is 2.06. The number of aliphatic hydroxyl groups is 1. The number of rotatable bonds is 5. The van der Waals surface area contributed by atoms with Crippen LogP contribution in [-0.4, -0.2) is 11.7 Å². The van der Waals surface area contributed by atoms with Crippen LogP contribution >= 0.6 is 15.9 Å². The number of hydrogen-bond donors (Lipinski definition) is 1. The van der Waals surface area contributed by atoms with Crippen molar-refractivity contribution in [3.8, 4) is 5.75 Å². The molecule has 0 aliphatic heterocycles. The Bertz CT molecular complexity index is 524. The van der Waals surface area contributed by atoms with E-state index >= 15 is 0 Å². The highest BCUT2D eigenvalue weighted by molar-refractivity contribution is 9.10. The van der Waals surface area contributed by atoms with Crippen molar-refractivity contribution in [2.24, 2.45) is 0 Å². The number of benzene rings is 2. The first-order valence-corrected chi connectivity index (χ1v) is 7.10. The Morgan fingerprint density at radius 2 is 1.89 bits per heavy atom. The molecule has 2 aromatic carbocycles. The van der Waals surface area contributed by atoms with E-state index in [4.69, 9.17) is 4.74 Å². The van der Waals surface area contributed by atoms with Gasteiger partial charge in [-0.25, -0.2) is 0 Å². The quantitative estimate of drug-likeness (QED) is 0.897. The fraction of sp³-hybridized carbons (Fsp3) is 0.250. The molecule has 0 saturated carbocycles. The lowest BCUT2D eigenvalue weighted by Crippen LogP contribution is -2.04. The molecule has 0 radical (unpaired) electrons. The predicted molar refractivity (Wildman–Crippen MR) is 80.4 cm³/mol. The number of ether oxygens (including phenoxy) is 1. The molecule has 2 rings (SSSR count). The van der Waals surface area contributed by atoms with Gasteiger partial charge in [0.25, 0.3) is 0 Å². The molecule has 2 aromatic rings. The lowest BCUT2D eigenvalue weighted by molar-refractivity contribution is 0.191. The third-order valence-electron chi connectivity index (χ3n) is 2.91. The van der Waals surface area contributed by atoms with Crippen molar-refractivity contribution in [2.75, 3.05) is 6.61 Å². The molecule has 0 saturated heterocycles. The highest BCUT2D eigenvalue weighted by Crippen LogP contribution is 2.28. The normalized spacial score (nSPS) is 12.2. The SMILES string of the molecule is CC(O)c1cc(Br)ccc1OCCc1ccccc1. The molecule has 0 amide bonds. The zero-order valence-corrected chi connectivity index (χ0v) is 12.4. The molecule has 1 atom stereocenters. The number of aliphatic hydroxyl groups excluding tert-OH is 1. The van der Waals surface area contributed by atoms with Crippen LogP contribution in [0.1, 0.15) is 24.2 Å². The minimum atomic E-state index is -0.538. The van der Waals surface area contributed by atoms with Gasteiger partial charge in [0, 0.05) is 16.5 Å². The topological polar surface area (TPSA) is 29.5 Å². The van der Waals surface area contributed by atoms with Crippen LogP contribution in [0.25, 0.3) is 0 Å². The fourth-order valence-electron chi connectivity index (χ4n) is 1.90. The van der Waals surface area contributed by atoms with Gasteiger partial charge in [-0.3, -0.25) is 0 Å². The van der Waals surface area contributed by atoms with Crippen LogP contribution in [-0.2, 0) is 6.42 Å². The van der Waals surface area contributed by atoms with E-state index in [1.807, 2.05) is 36.4 Å². The van der Waals surface area contributed by atoms with Crippen molar-refractivity contribution in [1.82, 2.24) is 0 Å². The Morgan fingerprint density at radius 3 is 2.58 bits per heavy atom. The molecule has 0 aliphatic rings. The van der Waals surface area contributed by atoms with E-state index < -0.39 is 6.10 Å². The smallest absolute Gasteiger partial charge is 0.125 e. The summed E-state index contributed by atoms with van der Waals surface area (Å²) < 4.78 is 6.72. The Labute approximate surface area is 122 Å². The molecule has 1 unspecified atom stereocenters. The van der Waals surface area contributed by atoms with Crippen molar-refractivity contribution >= 4 is 15.9 Å². The van der Waals surface area contributed by atoms with Crippen LogP contribution in [0, 0.1) is 0 Å². The number of halogens is 1. The average molecular weight is 321 g/mol. The van der Waals surface area contributed by atoms with Gasteiger partial charge in [0.2, 0.25) is 0 Å². The minimum Gasteiger partial charge on any atom is -0.493 e. The van der Waals surface area contributed by atoms with E-state index in [2.05, 4.69) is 28.1 Å². The molecule has 0 heterocycles. The molecule has 19 heavy (non-hydrogen) atoms. The molecular formula is C16H17BrO2. The highest BCUT2D eigenvalue weighted by atomic mass is 79.9. The van der Waals surface area contributed by atoms with Gasteiger partial charge in [-0.05, 0) is 30.7 Å². The second-order valence-corrected chi connectivity index (χ2v) is 5.36. The molecular weight excluding hydrogens is 304 g/mol. The van der Waals surface area contributed by atoms with E-state index in [1.165, 1.54) is 5.56 Å². The van der Waals surface area contributed by atoms with E-state index in [-0.39, 0.29) is 0 Å². The van der Waals surface area contributed by atoms with Crippen LogP contribution < -0.4 is 4.74 Å². The van der Waals surface area contributed by atoms with Gasteiger partial charge in [-0.15, -0.1) is 0 Å². The van der Waals surface area contributed by atoms with Gasteiger partial charge in [-0.1, -0.05) is 46.3 Å². The van der Waals surface area contributed by atoms with Crippen molar-refractivity contribution in [1.29, 1.82) is 0 Å². The molecule has 0 aromatic heterocycles. The van der Waals surface area contributed by atoms with Gasteiger partial charge in [0.1, 0.15) is 5.75 Å². The molecule has 0 aliphatic carbocycles. The second kappa shape index (κ2) is 6.73. The molecule has 0 spiro atoms. The van der Waals surface area contributed by atoms with Crippen molar-refractivity contribution < 1.29 is 9.84 Å². The largest absolute Gasteiger partial charge is 0.493 e. The zero-order chi connectivity index (χ0) is 13.7. The number of hydrogen-bond acceptors (Lipinski definition) is 2. The average Bonchev–Trinajstić information content (AvgIpc) is 2.41. The predicted octanol–water partition coefficient (Wildman–Crippen LogP) is 4.12. The fourth-order valence-corrected chi connectivity index (χ4v) is 2.28. The highest BCUT2D eigenvalue weighted by Gasteiger charge is 2.09. The van der Waals surface area contributed by atoms with Crippen LogP contribution in [0.15, 0.2) is 53.0 Å². The van der Waals surface area contributed by atoms with Gasteiger partial charge >= 0.3 is 0 Å². The van der Waals surface area contributed by atoms with Crippen molar-refractivity contribution in [3.05, 3.63) is 64.1 Å². The van der Waals surface area contributed by atoms with Crippen molar-refractivity contribution in [2.45, 2.75) is 19.4 Å². The maximum absolute atomic E-state index is 9.74. The van der Waals surface area contributed by atoms with E-state index in [0.717, 1.165) is 22.2 Å². The maximum atomic E-state index is 9.74. The molecule has 3 heteroatoms. The first kappa shape index (κ1) is 14.1. The van der Waals surface area contributed by atoms with Gasteiger partial charge in [-0.2, -0.15) is 0 Å². The summed E-state index contributed by atoms with van der Waals surface area (Å²) in [5.74, 6) is 0.745. The summed E-state index contributed by atoms with van der Waals surface area (Å²) in [6.45, 7) is 2.34. The standard InChI is InChI=1S/C16H17BrO2/c1-12(18)15-11-14(17)7-8-16(15)19-10-9-13-5-3-2-4-6-13/h2-8,11-12,18H,9-10H2,1H3. The first-order valence-electron chi connectivity index (χ1n) is 6.31. The molecule has 1 N–H and O–H groups in total. The van der Waals surface area contributed by atoms with Gasteiger partial charge < -0.3 is 9.84 Å². The third kappa shape index (κ3) is 4.08. The summed E-state index contributed by atoms with van der Waals surface area (Å²) >= 11 is 3.40. The van der Waals surface area contributed by atoms with Crippen LogP contribution in [0.5, 0.6) is 5.75 Å². The lowest BCUT2D eigenvalue weighted by atomic mass is 10.1. The summed E-state index contributed by atoms with van der Waals surface area (Å²) in [4.78, 5) is 0. The Kier molecular flexibility index (Phi) is 5.00. The van der Waals surface area contributed by atoms with Gasteiger partial charge in [0.15, 0.2) is 0 Å². The molecule has 0 fully saturated rings. The third-order valence-corrected chi connectivity index (χ3v) is 3.41. The summed E-state index contributed by atoms with van der Waals surface area (Å²) in [7, 11) is 0. The summed E-state index contributed by atoms with van der Waals surface area (Å²) in [6.07, 6.45) is 0.320. The maximum Gasteiger partial charge on any atom is 0.125 e. The molecule has 2 nitrogen and oxygen atoms in total. The summed E-state index contributed by atoms with van der Waals surface area (Å²) in [6, 6.07) is 15.9. The van der Waals surface area contributed by atoms with E-state index in [0.29, 0.717) is 6.61 Å². The Hall–Kier alpha value is -1.32. The summed E-state index contributed by atoms with van der Waals surface area (Å²) in [5, 5.41) is 9.74. The monoisotopic (exact) mass is 320 g/mol. The second-order valence-electron chi connectivity index (χ2n) is 4.44. The Morgan fingerprint density at radius 1 is 1.16 bits per heavy atom. The first-order chi connectivity index (χ1) is 9.16. The minimum absolute atomic E-state index is 0.538. The molecule has 100 valence electrons. The Balaban J connectivity index is 2.00. The van der Waals surface area contributed by atoms with Crippen LogP contribution in [0.4, 0.5) is 0 Å². The molecule has 0 bridgehead atoms. The lowest BCUT2D eigenvalue weighted by Gasteiger charge is -2.14. The zero-order valence-electron chi connectivity index (χ0n) is 10.8.